The van der Waals surface area contributed by atoms with E-state index in [-0.39, 0.29) is 65.2 Å². The van der Waals surface area contributed by atoms with Gasteiger partial charge in [-0.25, -0.2) is 9.78 Å². The number of rotatable bonds is 7. The molecule has 0 aliphatic carbocycles. The number of aliphatic carboxylic acids is 1. The number of fused-ring (bicyclic) bond motifs is 1. The molecule has 0 aliphatic rings. The van der Waals surface area contributed by atoms with Crippen LogP contribution < -0.4 is 16.8 Å². The topological polar surface area (TPSA) is 211 Å². The number of amides is 2. The van der Waals surface area contributed by atoms with Crippen LogP contribution in [0.4, 0.5) is 4.79 Å². The van der Waals surface area contributed by atoms with Crippen molar-refractivity contribution in [1.82, 2.24) is 15.3 Å². The summed E-state index contributed by atoms with van der Waals surface area (Å²) in [5.41, 5.74) is 13.9. The number of primary amides is 1. The minimum atomic E-state index is -1.08. The summed E-state index contributed by atoms with van der Waals surface area (Å²) >= 11 is 0. The number of amidine groups is 1. The van der Waals surface area contributed by atoms with Gasteiger partial charge < -0.3 is 37.1 Å². The Morgan fingerprint density at radius 1 is 0.972 bits per heavy atom. The van der Waals surface area contributed by atoms with Gasteiger partial charge in [0.1, 0.15) is 23.2 Å². The highest BCUT2D eigenvalue weighted by molar-refractivity contribution is 5.98. The highest BCUT2D eigenvalue weighted by atomic mass is 35.5. The van der Waals surface area contributed by atoms with Crippen molar-refractivity contribution in [3.8, 4) is 34.0 Å². The van der Waals surface area contributed by atoms with Gasteiger partial charge in [-0.3, -0.25) is 10.2 Å². The minimum absolute atomic E-state index is 0. The lowest BCUT2D eigenvalue weighted by Crippen LogP contribution is -2.28. The average molecular weight is 511 g/mol. The molecule has 0 saturated heterocycles. The molecule has 0 aliphatic heterocycles. The second kappa shape index (κ2) is 10.2. The molecule has 0 atom stereocenters. The summed E-state index contributed by atoms with van der Waals surface area (Å²) in [5, 5.41) is 41.1. The Balaban J connectivity index is 0.00000361. The summed E-state index contributed by atoms with van der Waals surface area (Å²) in [7, 11) is 0. The lowest BCUT2D eigenvalue weighted by molar-refractivity contribution is -0.136. The van der Waals surface area contributed by atoms with Crippen LogP contribution in [-0.4, -0.2) is 43.1 Å². The highest BCUT2D eigenvalue weighted by Crippen LogP contribution is 2.42. The zero-order valence-electron chi connectivity index (χ0n) is 18.7. The standard InChI is InChI=1S/C24H22N6O5.ClH/c25-22(26)13-2-3-17-18(9-13)30-23(29-17)16-7-12(8-20(32)33)6-15(21(16)34)14-5-11(1-4-19(14)31)10-28-24(27)35;/h1-7,9,31,34H,8,10H2,(H3,25,26)(H,29,30)(H,32,33)(H3,27,28,35);1H. The van der Waals surface area contributed by atoms with Crippen LogP contribution in [0.15, 0.2) is 48.5 Å². The van der Waals surface area contributed by atoms with Crippen molar-refractivity contribution in [3.63, 3.8) is 0 Å². The van der Waals surface area contributed by atoms with Crippen LogP contribution in [0.25, 0.3) is 33.5 Å². The Hall–Kier alpha value is -4.77. The first kappa shape index (κ1) is 25.8. The van der Waals surface area contributed by atoms with Gasteiger partial charge in [-0.1, -0.05) is 6.07 Å². The number of carboxylic acid groups (broad SMARTS) is 1. The number of carboxylic acids is 1. The Kier molecular flexibility index (Phi) is 7.35. The van der Waals surface area contributed by atoms with Crippen LogP contribution in [0.2, 0.25) is 0 Å². The summed E-state index contributed by atoms with van der Waals surface area (Å²) in [5.74, 6) is -1.33. The molecule has 1 heterocycles. The van der Waals surface area contributed by atoms with E-state index in [1.807, 2.05) is 0 Å². The Bertz CT molecular complexity index is 1500. The van der Waals surface area contributed by atoms with Crippen LogP contribution >= 0.6 is 12.4 Å². The molecule has 0 saturated carbocycles. The van der Waals surface area contributed by atoms with E-state index < -0.39 is 12.0 Å². The molecular weight excluding hydrogens is 488 g/mol. The first-order valence-corrected chi connectivity index (χ1v) is 10.4. The van der Waals surface area contributed by atoms with E-state index in [9.17, 15) is 24.9 Å². The molecule has 3 aromatic carbocycles. The molecule has 4 aromatic rings. The van der Waals surface area contributed by atoms with E-state index in [0.717, 1.165) is 0 Å². The maximum absolute atomic E-state index is 11.4. The van der Waals surface area contributed by atoms with Gasteiger partial charge in [0.2, 0.25) is 0 Å². The van der Waals surface area contributed by atoms with Crippen molar-refractivity contribution in [2.75, 3.05) is 0 Å². The number of phenols is 2. The highest BCUT2D eigenvalue weighted by Gasteiger charge is 2.20. The van der Waals surface area contributed by atoms with Gasteiger partial charge in [0.25, 0.3) is 0 Å². The van der Waals surface area contributed by atoms with Crippen LogP contribution in [0, 0.1) is 5.41 Å². The number of nitrogens with one attached hydrogen (secondary N) is 3. The molecule has 12 heteroatoms. The molecule has 11 nitrogen and oxygen atoms in total. The Labute approximate surface area is 210 Å². The number of carbonyl (C=O) groups is 2. The van der Waals surface area contributed by atoms with Crippen molar-refractivity contribution in [3.05, 3.63) is 65.2 Å². The summed E-state index contributed by atoms with van der Waals surface area (Å²) in [6.07, 6.45) is -0.335. The number of nitrogens with two attached hydrogens (primary N) is 2. The first-order valence-electron chi connectivity index (χ1n) is 10.4. The molecule has 0 spiro atoms. The molecule has 1 aromatic heterocycles. The van der Waals surface area contributed by atoms with E-state index >= 15 is 0 Å². The van der Waals surface area contributed by atoms with Crippen LogP contribution in [0.3, 0.4) is 0 Å². The normalized spacial score (nSPS) is 10.6. The van der Waals surface area contributed by atoms with Gasteiger partial charge in [0.15, 0.2) is 0 Å². The largest absolute Gasteiger partial charge is 0.507 e. The Morgan fingerprint density at radius 3 is 2.33 bits per heavy atom. The third kappa shape index (κ3) is 5.31. The SMILES string of the molecule is Cl.N=C(N)c1ccc2[nH]c(-c3cc(CC(=O)O)cc(-c4cc(CNC(N)=O)ccc4O)c3O)nc2c1. The van der Waals surface area contributed by atoms with Crippen molar-refractivity contribution < 1.29 is 24.9 Å². The molecule has 0 fully saturated rings. The number of phenolic OH excluding ortho intramolecular Hbond substituents is 2. The third-order valence-electron chi connectivity index (χ3n) is 5.39. The maximum atomic E-state index is 11.4. The third-order valence-corrected chi connectivity index (χ3v) is 5.39. The van der Waals surface area contributed by atoms with Crippen LogP contribution in [0.1, 0.15) is 16.7 Å². The van der Waals surface area contributed by atoms with Crippen molar-refractivity contribution in [1.29, 1.82) is 5.41 Å². The van der Waals surface area contributed by atoms with Crippen LogP contribution in [0.5, 0.6) is 11.5 Å². The quantitative estimate of drug-likeness (QED) is 0.137. The number of hydrogen-bond donors (Lipinski definition) is 8. The average Bonchev–Trinajstić information content (AvgIpc) is 3.22. The van der Waals surface area contributed by atoms with E-state index in [0.29, 0.717) is 27.7 Å². The van der Waals surface area contributed by atoms with E-state index in [2.05, 4.69) is 15.3 Å². The number of aromatic nitrogens is 2. The van der Waals surface area contributed by atoms with Gasteiger partial charge in [-0.15, -0.1) is 12.4 Å². The zero-order chi connectivity index (χ0) is 25.3. The van der Waals surface area contributed by atoms with Gasteiger partial charge in [0.05, 0.1) is 23.0 Å². The monoisotopic (exact) mass is 510 g/mol. The van der Waals surface area contributed by atoms with Crippen molar-refractivity contribution in [2.24, 2.45) is 11.5 Å². The summed E-state index contributed by atoms with van der Waals surface area (Å²) in [6.45, 7) is 0.0904. The summed E-state index contributed by atoms with van der Waals surface area (Å²) in [4.78, 5) is 30.1. The van der Waals surface area contributed by atoms with Crippen molar-refractivity contribution in [2.45, 2.75) is 13.0 Å². The molecule has 186 valence electrons. The number of aromatic hydroxyl groups is 2. The molecule has 36 heavy (non-hydrogen) atoms. The number of halogens is 1. The molecule has 2 amide bonds. The predicted molar refractivity (Wildman–Crippen MR) is 136 cm³/mol. The van der Waals surface area contributed by atoms with Gasteiger partial charge in [0, 0.05) is 23.2 Å². The zero-order valence-corrected chi connectivity index (χ0v) is 19.5. The number of nitrogens with zero attached hydrogens (tertiary/aromatic N) is 1. The van der Waals surface area contributed by atoms with E-state index in [1.54, 1.807) is 30.3 Å². The minimum Gasteiger partial charge on any atom is -0.507 e. The molecular formula is C24H23ClN6O5. The number of urea groups is 1. The van der Waals surface area contributed by atoms with Crippen LogP contribution in [-0.2, 0) is 17.8 Å². The van der Waals surface area contributed by atoms with E-state index in [4.69, 9.17) is 16.9 Å². The second-order valence-electron chi connectivity index (χ2n) is 7.91. The number of H-pyrrole nitrogens is 1. The fourth-order valence-electron chi connectivity index (χ4n) is 3.76. The lowest BCUT2D eigenvalue weighted by atomic mass is 9.94. The molecule has 0 radical (unpaired) electrons. The van der Waals surface area contributed by atoms with Gasteiger partial charge in [-0.05, 0) is 53.6 Å². The predicted octanol–water partition coefficient (Wildman–Crippen LogP) is 2.81. The fraction of sp³-hybridized carbons (Fsp3) is 0.0833. The maximum Gasteiger partial charge on any atom is 0.312 e. The van der Waals surface area contributed by atoms with Gasteiger partial charge >= 0.3 is 12.0 Å². The second-order valence-corrected chi connectivity index (χ2v) is 7.91. The fourth-order valence-corrected chi connectivity index (χ4v) is 3.76. The first-order chi connectivity index (χ1) is 16.6. The number of imidazole rings is 1. The molecule has 10 N–H and O–H groups in total. The number of carbonyl (C=O) groups excluding carboxylic acids is 1. The molecule has 4 rings (SSSR count). The van der Waals surface area contributed by atoms with Gasteiger partial charge in [-0.2, -0.15) is 0 Å². The number of aromatic amines is 1. The number of hydrogen-bond acceptors (Lipinski definition) is 6. The lowest BCUT2D eigenvalue weighted by Gasteiger charge is -2.14. The summed E-state index contributed by atoms with van der Waals surface area (Å²) in [6, 6.07) is 11.8. The Morgan fingerprint density at radius 2 is 1.67 bits per heavy atom. The smallest absolute Gasteiger partial charge is 0.312 e. The van der Waals surface area contributed by atoms with E-state index in [1.165, 1.54) is 18.2 Å². The molecule has 0 unspecified atom stereocenters. The summed E-state index contributed by atoms with van der Waals surface area (Å²) < 4.78 is 0. The number of benzene rings is 3. The van der Waals surface area contributed by atoms with Crippen molar-refractivity contribution >= 4 is 41.3 Å². The number of nitrogen functional groups attached to an aromatic ring is 1. The molecule has 0 bridgehead atoms.